The highest BCUT2D eigenvalue weighted by atomic mass is 16.5. The smallest absolute Gasteiger partial charge is 0.119 e. The molecule has 1 aromatic rings. The molecule has 21 heavy (non-hydrogen) atoms. The SMILES string of the molecule is CCCCCC1CCCCC1CCCOc1ccccc1. The van der Waals surface area contributed by atoms with Crippen LogP contribution in [-0.4, -0.2) is 6.61 Å². The molecular formula is C20H32O. The average molecular weight is 288 g/mol. The van der Waals surface area contributed by atoms with Crippen molar-refractivity contribution in [2.75, 3.05) is 6.61 Å². The summed E-state index contributed by atoms with van der Waals surface area (Å²) < 4.78 is 5.83. The molecular weight excluding hydrogens is 256 g/mol. The number of para-hydroxylation sites is 1. The van der Waals surface area contributed by atoms with E-state index in [0.29, 0.717) is 0 Å². The average Bonchev–Trinajstić information content (AvgIpc) is 2.54. The third-order valence-corrected chi connectivity index (χ3v) is 4.98. The first-order valence-corrected chi connectivity index (χ1v) is 9.08. The van der Waals surface area contributed by atoms with Crippen molar-refractivity contribution in [3.05, 3.63) is 30.3 Å². The van der Waals surface area contributed by atoms with Crippen molar-refractivity contribution in [1.29, 1.82) is 0 Å². The van der Waals surface area contributed by atoms with Crippen molar-refractivity contribution < 1.29 is 4.74 Å². The molecule has 1 aromatic carbocycles. The normalized spacial score (nSPS) is 22.1. The van der Waals surface area contributed by atoms with Crippen LogP contribution in [0.25, 0.3) is 0 Å². The van der Waals surface area contributed by atoms with Crippen LogP contribution in [0.2, 0.25) is 0 Å². The number of rotatable bonds is 9. The maximum Gasteiger partial charge on any atom is 0.119 e. The minimum atomic E-state index is 0.877. The molecule has 2 unspecified atom stereocenters. The van der Waals surface area contributed by atoms with E-state index < -0.39 is 0 Å². The Balaban J connectivity index is 1.65. The second-order valence-electron chi connectivity index (χ2n) is 6.60. The first-order valence-electron chi connectivity index (χ1n) is 9.08. The van der Waals surface area contributed by atoms with Gasteiger partial charge in [0.25, 0.3) is 0 Å². The van der Waals surface area contributed by atoms with Crippen LogP contribution in [0.5, 0.6) is 5.75 Å². The third kappa shape index (κ3) is 6.11. The molecule has 0 bridgehead atoms. The van der Waals surface area contributed by atoms with Crippen molar-refractivity contribution in [2.24, 2.45) is 11.8 Å². The Kier molecular flexibility index (Phi) is 7.70. The van der Waals surface area contributed by atoms with E-state index in [1.165, 1.54) is 64.2 Å². The van der Waals surface area contributed by atoms with Crippen molar-refractivity contribution in [2.45, 2.75) is 71.1 Å². The van der Waals surface area contributed by atoms with Gasteiger partial charge in [0, 0.05) is 0 Å². The zero-order valence-corrected chi connectivity index (χ0v) is 13.7. The maximum absolute atomic E-state index is 5.83. The predicted octanol–water partition coefficient (Wildman–Crippen LogP) is 6.23. The van der Waals surface area contributed by atoms with Crippen LogP contribution in [0.4, 0.5) is 0 Å². The summed E-state index contributed by atoms with van der Waals surface area (Å²) in [5.74, 6) is 2.98. The number of ether oxygens (including phenoxy) is 1. The molecule has 0 amide bonds. The summed E-state index contributed by atoms with van der Waals surface area (Å²) >= 11 is 0. The van der Waals surface area contributed by atoms with Crippen molar-refractivity contribution >= 4 is 0 Å². The molecule has 1 heteroatoms. The van der Waals surface area contributed by atoms with Gasteiger partial charge in [-0.1, -0.05) is 76.5 Å². The molecule has 2 rings (SSSR count). The van der Waals surface area contributed by atoms with Crippen molar-refractivity contribution in [1.82, 2.24) is 0 Å². The molecule has 0 radical (unpaired) electrons. The quantitative estimate of drug-likeness (QED) is 0.489. The summed E-state index contributed by atoms with van der Waals surface area (Å²) in [5, 5.41) is 0. The second kappa shape index (κ2) is 9.87. The Morgan fingerprint density at radius 3 is 2.24 bits per heavy atom. The summed E-state index contributed by atoms with van der Waals surface area (Å²) in [6.45, 7) is 3.18. The van der Waals surface area contributed by atoms with Crippen LogP contribution < -0.4 is 4.74 Å². The third-order valence-electron chi connectivity index (χ3n) is 4.98. The molecule has 1 saturated carbocycles. The molecule has 0 aromatic heterocycles. The van der Waals surface area contributed by atoms with Gasteiger partial charge < -0.3 is 4.74 Å². The van der Waals surface area contributed by atoms with Gasteiger partial charge in [0.15, 0.2) is 0 Å². The second-order valence-corrected chi connectivity index (χ2v) is 6.60. The van der Waals surface area contributed by atoms with E-state index in [0.717, 1.165) is 24.2 Å². The van der Waals surface area contributed by atoms with Crippen molar-refractivity contribution in [3.8, 4) is 5.75 Å². The van der Waals surface area contributed by atoms with E-state index in [4.69, 9.17) is 4.74 Å². The number of hydrogen-bond acceptors (Lipinski definition) is 1. The topological polar surface area (TPSA) is 9.23 Å². The van der Waals surface area contributed by atoms with E-state index in [1.54, 1.807) is 0 Å². The molecule has 1 fully saturated rings. The van der Waals surface area contributed by atoms with Crippen LogP contribution in [0.15, 0.2) is 30.3 Å². The Morgan fingerprint density at radius 2 is 1.57 bits per heavy atom. The Hall–Kier alpha value is -0.980. The first-order chi connectivity index (χ1) is 10.4. The van der Waals surface area contributed by atoms with Gasteiger partial charge >= 0.3 is 0 Å². The van der Waals surface area contributed by atoms with Gasteiger partial charge in [-0.3, -0.25) is 0 Å². The Bertz CT molecular complexity index is 359. The van der Waals surface area contributed by atoms with Gasteiger partial charge in [0.2, 0.25) is 0 Å². The summed E-state index contributed by atoms with van der Waals surface area (Å²) in [7, 11) is 0. The number of unbranched alkanes of at least 4 members (excludes halogenated alkanes) is 2. The fourth-order valence-electron chi connectivity index (χ4n) is 3.75. The van der Waals surface area contributed by atoms with Crippen LogP contribution in [0.3, 0.4) is 0 Å². The largest absolute Gasteiger partial charge is 0.494 e. The van der Waals surface area contributed by atoms with Crippen LogP contribution in [0, 0.1) is 11.8 Å². The monoisotopic (exact) mass is 288 g/mol. The van der Waals surface area contributed by atoms with Gasteiger partial charge in [0.1, 0.15) is 5.75 Å². The lowest BCUT2D eigenvalue weighted by atomic mass is 9.74. The van der Waals surface area contributed by atoms with Crippen molar-refractivity contribution in [3.63, 3.8) is 0 Å². The lowest BCUT2D eigenvalue weighted by Gasteiger charge is -2.31. The first kappa shape index (κ1) is 16.4. The minimum Gasteiger partial charge on any atom is -0.494 e. The molecule has 0 saturated heterocycles. The lowest BCUT2D eigenvalue weighted by Crippen LogP contribution is -2.20. The summed E-state index contributed by atoms with van der Waals surface area (Å²) in [6, 6.07) is 10.2. The van der Waals surface area contributed by atoms with Gasteiger partial charge in [-0.2, -0.15) is 0 Å². The Labute approximate surface area is 131 Å². The molecule has 1 aliphatic rings. The van der Waals surface area contributed by atoms with E-state index in [9.17, 15) is 0 Å². The minimum absolute atomic E-state index is 0.877. The van der Waals surface area contributed by atoms with Gasteiger partial charge in [-0.05, 0) is 36.8 Å². The van der Waals surface area contributed by atoms with E-state index in [-0.39, 0.29) is 0 Å². The van der Waals surface area contributed by atoms with E-state index >= 15 is 0 Å². The highest BCUT2D eigenvalue weighted by Gasteiger charge is 2.24. The van der Waals surface area contributed by atoms with Gasteiger partial charge in [-0.25, -0.2) is 0 Å². The van der Waals surface area contributed by atoms with Crippen LogP contribution in [0.1, 0.15) is 71.1 Å². The number of hydrogen-bond donors (Lipinski definition) is 0. The molecule has 0 aliphatic heterocycles. The van der Waals surface area contributed by atoms with Gasteiger partial charge in [0.05, 0.1) is 6.61 Å². The van der Waals surface area contributed by atoms with Gasteiger partial charge in [-0.15, -0.1) is 0 Å². The predicted molar refractivity (Wildman–Crippen MR) is 90.8 cm³/mol. The molecule has 1 aliphatic carbocycles. The fraction of sp³-hybridized carbons (Fsp3) is 0.700. The zero-order valence-electron chi connectivity index (χ0n) is 13.7. The summed E-state index contributed by atoms with van der Waals surface area (Å²) in [6.07, 6.45) is 14.1. The molecule has 0 N–H and O–H groups in total. The summed E-state index contributed by atoms with van der Waals surface area (Å²) in [5.41, 5.74) is 0. The lowest BCUT2D eigenvalue weighted by molar-refractivity contribution is 0.190. The maximum atomic E-state index is 5.83. The van der Waals surface area contributed by atoms with E-state index in [2.05, 4.69) is 6.92 Å². The highest BCUT2D eigenvalue weighted by Crippen LogP contribution is 2.36. The van der Waals surface area contributed by atoms with Crippen LogP contribution in [-0.2, 0) is 0 Å². The molecule has 118 valence electrons. The molecule has 0 spiro atoms. The van der Waals surface area contributed by atoms with Crippen LogP contribution >= 0.6 is 0 Å². The molecule has 1 nitrogen and oxygen atoms in total. The Morgan fingerprint density at radius 1 is 0.905 bits per heavy atom. The summed E-state index contributed by atoms with van der Waals surface area (Å²) in [4.78, 5) is 0. The fourth-order valence-corrected chi connectivity index (χ4v) is 3.75. The number of benzene rings is 1. The zero-order chi connectivity index (χ0) is 14.8. The standard InChI is InChI=1S/C20H32O/c1-2-3-5-11-18-12-8-9-13-19(18)14-10-17-21-20-15-6-4-7-16-20/h4,6-7,15-16,18-19H,2-3,5,8-14,17H2,1H3. The highest BCUT2D eigenvalue weighted by molar-refractivity contribution is 5.20. The molecule has 0 heterocycles. The van der Waals surface area contributed by atoms with E-state index in [1.807, 2.05) is 30.3 Å². The molecule has 2 atom stereocenters.